The molecule has 0 saturated heterocycles. The summed E-state index contributed by atoms with van der Waals surface area (Å²) in [6.07, 6.45) is 3.13. The predicted octanol–water partition coefficient (Wildman–Crippen LogP) is 3.79. The maximum atomic E-state index is 4.56. The van der Waals surface area contributed by atoms with Crippen molar-refractivity contribution in [3.8, 4) is 0 Å². The zero-order chi connectivity index (χ0) is 13.2. The van der Waals surface area contributed by atoms with E-state index in [4.69, 9.17) is 0 Å². The fraction of sp³-hybridized carbons (Fsp3) is 0.357. The molecule has 0 aliphatic carbocycles. The van der Waals surface area contributed by atoms with Gasteiger partial charge < -0.3 is 5.32 Å². The third-order valence-corrected chi connectivity index (χ3v) is 5.23. The second-order valence-corrected chi connectivity index (χ2v) is 6.66. The van der Waals surface area contributed by atoms with E-state index in [0.29, 0.717) is 0 Å². The highest BCUT2D eigenvalue weighted by molar-refractivity contribution is 7.27. The molecule has 3 heterocycles. The molecule has 5 heteroatoms. The van der Waals surface area contributed by atoms with Crippen LogP contribution in [0.25, 0.3) is 9.40 Å². The summed E-state index contributed by atoms with van der Waals surface area (Å²) in [5.41, 5.74) is 1.10. The summed E-state index contributed by atoms with van der Waals surface area (Å²) in [4.78, 5) is 1.36. The fourth-order valence-corrected chi connectivity index (χ4v) is 4.36. The molecule has 0 saturated carbocycles. The smallest absolute Gasteiger partial charge is 0.0864 e. The lowest BCUT2D eigenvalue weighted by molar-refractivity contribution is 0.582. The van der Waals surface area contributed by atoms with Gasteiger partial charge in [0.25, 0.3) is 0 Å². The highest BCUT2D eigenvalue weighted by Crippen LogP contribution is 2.35. The van der Waals surface area contributed by atoms with Gasteiger partial charge in [0.2, 0.25) is 0 Å². The van der Waals surface area contributed by atoms with E-state index < -0.39 is 0 Å². The number of hydrogen-bond donors (Lipinski definition) is 1. The van der Waals surface area contributed by atoms with Crippen LogP contribution < -0.4 is 5.32 Å². The Labute approximate surface area is 120 Å². The van der Waals surface area contributed by atoms with Crippen LogP contribution in [0.5, 0.6) is 0 Å². The maximum Gasteiger partial charge on any atom is 0.0864 e. The number of nitrogens with one attached hydrogen (secondary N) is 1. The normalized spacial score (nSPS) is 13.2. The second kappa shape index (κ2) is 5.45. The molecule has 1 atom stereocenters. The molecule has 0 fully saturated rings. The van der Waals surface area contributed by atoms with E-state index in [1.165, 1.54) is 14.3 Å². The lowest BCUT2D eigenvalue weighted by Gasteiger charge is -2.14. The quantitative estimate of drug-likeness (QED) is 0.775. The molecule has 0 aliphatic rings. The second-order valence-electron chi connectivity index (χ2n) is 4.60. The monoisotopic (exact) mass is 291 g/mol. The number of hydrogen-bond acceptors (Lipinski definition) is 4. The molecule has 3 rings (SSSR count). The van der Waals surface area contributed by atoms with Gasteiger partial charge in [-0.1, -0.05) is 6.92 Å². The number of fused-ring (bicyclic) bond motifs is 1. The van der Waals surface area contributed by atoms with Crippen molar-refractivity contribution in [2.24, 2.45) is 7.05 Å². The minimum Gasteiger partial charge on any atom is -0.304 e. The van der Waals surface area contributed by atoms with Crippen molar-refractivity contribution >= 4 is 32.1 Å². The van der Waals surface area contributed by atoms with Crippen molar-refractivity contribution in [2.45, 2.75) is 19.4 Å². The Morgan fingerprint density at radius 3 is 2.95 bits per heavy atom. The summed E-state index contributed by atoms with van der Waals surface area (Å²) in [5, 5.41) is 10.3. The van der Waals surface area contributed by atoms with Crippen LogP contribution in [-0.2, 0) is 7.05 Å². The van der Waals surface area contributed by atoms with Crippen LogP contribution in [0.2, 0.25) is 0 Å². The SMILES string of the molecule is CCCNC(c1ccn(C)n1)c1cc2sccc2s1. The van der Waals surface area contributed by atoms with Crippen LogP contribution in [-0.4, -0.2) is 16.3 Å². The lowest BCUT2D eigenvalue weighted by Crippen LogP contribution is -2.22. The zero-order valence-electron chi connectivity index (χ0n) is 11.1. The Kier molecular flexibility index (Phi) is 3.68. The van der Waals surface area contributed by atoms with Crippen LogP contribution in [0, 0.1) is 0 Å². The van der Waals surface area contributed by atoms with Gasteiger partial charge in [-0.25, -0.2) is 0 Å². The van der Waals surface area contributed by atoms with E-state index in [2.05, 4.69) is 40.9 Å². The van der Waals surface area contributed by atoms with Crippen molar-refractivity contribution in [1.29, 1.82) is 0 Å². The molecule has 1 N–H and O–H groups in total. The topological polar surface area (TPSA) is 29.9 Å². The molecule has 0 amide bonds. The van der Waals surface area contributed by atoms with Gasteiger partial charge in [0.15, 0.2) is 0 Å². The molecule has 1 unspecified atom stereocenters. The number of aromatic nitrogens is 2. The molecule has 0 aromatic carbocycles. The van der Waals surface area contributed by atoms with Gasteiger partial charge >= 0.3 is 0 Å². The average molecular weight is 291 g/mol. The third-order valence-electron chi connectivity index (χ3n) is 3.07. The van der Waals surface area contributed by atoms with Gasteiger partial charge in [0.1, 0.15) is 0 Å². The zero-order valence-corrected chi connectivity index (χ0v) is 12.7. The third kappa shape index (κ3) is 2.59. The van der Waals surface area contributed by atoms with Gasteiger partial charge in [0, 0.05) is 27.5 Å². The van der Waals surface area contributed by atoms with E-state index in [9.17, 15) is 0 Å². The Hall–Kier alpha value is -1.17. The van der Waals surface area contributed by atoms with Gasteiger partial charge in [-0.15, -0.1) is 22.7 Å². The van der Waals surface area contributed by atoms with Crippen molar-refractivity contribution in [1.82, 2.24) is 15.1 Å². The number of aryl methyl sites for hydroxylation is 1. The largest absolute Gasteiger partial charge is 0.304 e. The van der Waals surface area contributed by atoms with Crippen LogP contribution in [0.15, 0.2) is 29.8 Å². The summed E-state index contributed by atoms with van der Waals surface area (Å²) < 4.78 is 4.62. The number of nitrogens with zero attached hydrogens (tertiary/aromatic N) is 2. The average Bonchev–Trinajstić information content (AvgIpc) is 3.05. The standard InChI is InChI=1S/C14H17N3S2/c1-3-6-15-14(10-4-7-17(2)16-10)13-9-12-11(19-13)5-8-18-12/h4-5,7-9,14-15H,3,6H2,1-2H3. The molecule has 3 aromatic heterocycles. The molecule has 0 bridgehead atoms. The first-order valence-corrected chi connectivity index (χ1v) is 8.17. The van der Waals surface area contributed by atoms with Crippen LogP contribution >= 0.6 is 22.7 Å². The molecule has 0 spiro atoms. The van der Waals surface area contributed by atoms with Gasteiger partial charge in [-0.2, -0.15) is 5.10 Å². The van der Waals surface area contributed by atoms with Gasteiger partial charge in [0.05, 0.1) is 11.7 Å². The molecular weight excluding hydrogens is 274 g/mol. The first-order valence-electron chi connectivity index (χ1n) is 6.48. The van der Waals surface area contributed by atoms with Crippen LogP contribution in [0.4, 0.5) is 0 Å². The summed E-state index contributed by atoms with van der Waals surface area (Å²) in [6.45, 7) is 3.20. The minimum absolute atomic E-state index is 0.214. The molecule has 0 aliphatic heterocycles. The number of rotatable bonds is 5. The molecule has 3 aromatic rings. The van der Waals surface area contributed by atoms with Crippen molar-refractivity contribution < 1.29 is 0 Å². The Morgan fingerprint density at radius 1 is 1.37 bits per heavy atom. The number of thiophene rings is 2. The van der Waals surface area contributed by atoms with E-state index in [1.807, 2.05) is 29.3 Å². The van der Waals surface area contributed by atoms with Crippen molar-refractivity contribution in [2.75, 3.05) is 6.54 Å². The molecule has 100 valence electrons. The summed E-state index contributed by atoms with van der Waals surface area (Å²) >= 11 is 3.67. The minimum atomic E-state index is 0.214. The highest BCUT2D eigenvalue weighted by atomic mass is 32.1. The molecule has 0 radical (unpaired) electrons. The Morgan fingerprint density at radius 2 is 2.26 bits per heavy atom. The molecular formula is C14H17N3S2. The van der Waals surface area contributed by atoms with E-state index in [1.54, 1.807) is 11.3 Å². The summed E-state index contributed by atoms with van der Waals surface area (Å²) in [7, 11) is 1.97. The van der Waals surface area contributed by atoms with Gasteiger partial charge in [-0.3, -0.25) is 4.68 Å². The Bertz CT molecular complexity index is 636. The fourth-order valence-electron chi connectivity index (χ4n) is 2.15. The van der Waals surface area contributed by atoms with E-state index in [0.717, 1.165) is 18.7 Å². The van der Waals surface area contributed by atoms with Crippen molar-refractivity contribution in [3.63, 3.8) is 0 Å². The highest BCUT2D eigenvalue weighted by Gasteiger charge is 2.18. The first-order chi connectivity index (χ1) is 9.28. The summed E-state index contributed by atoms with van der Waals surface area (Å²) in [5.74, 6) is 0. The van der Waals surface area contributed by atoms with Crippen LogP contribution in [0.3, 0.4) is 0 Å². The van der Waals surface area contributed by atoms with Crippen molar-refractivity contribution in [3.05, 3.63) is 40.3 Å². The lowest BCUT2D eigenvalue weighted by atomic mass is 10.1. The molecule has 19 heavy (non-hydrogen) atoms. The predicted molar refractivity (Wildman–Crippen MR) is 83.0 cm³/mol. The molecule has 3 nitrogen and oxygen atoms in total. The van der Waals surface area contributed by atoms with Gasteiger partial charge in [-0.05, 0) is 36.5 Å². The Balaban J connectivity index is 1.96. The maximum absolute atomic E-state index is 4.56. The van der Waals surface area contributed by atoms with E-state index in [-0.39, 0.29) is 6.04 Å². The first kappa shape index (κ1) is 12.8. The van der Waals surface area contributed by atoms with Crippen LogP contribution in [0.1, 0.15) is 30.0 Å². The summed E-state index contributed by atoms with van der Waals surface area (Å²) in [6, 6.07) is 6.81. The van der Waals surface area contributed by atoms with E-state index >= 15 is 0 Å².